The zero-order chi connectivity index (χ0) is 26.0. The fourth-order valence-electron chi connectivity index (χ4n) is 3.64. The van der Waals surface area contributed by atoms with Crippen molar-refractivity contribution in [1.29, 1.82) is 0 Å². The summed E-state index contributed by atoms with van der Waals surface area (Å²) < 4.78 is 14.0. The van der Waals surface area contributed by atoms with Crippen LogP contribution in [-0.4, -0.2) is 25.0 Å². The summed E-state index contributed by atoms with van der Waals surface area (Å²) in [5.74, 6) is -0.490. The Labute approximate surface area is 238 Å². The van der Waals surface area contributed by atoms with Crippen LogP contribution in [0, 0.1) is 10.5 Å². The van der Waals surface area contributed by atoms with Crippen molar-refractivity contribution in [3.63, 3.8) is 0 Å². The molecule has 0 spiro atoms. The zero-order valence-electron chi connectivity index (χ0n) is 19.1. The van der Waals surface area contributed by atoms with E-state index < -0.39 is 17.8 Å². The Morgan fingerprint density at radius 3 is 2.50 bits per heavy atom. The van der Waals surface area contributed by atoms with Gasteiger partial charge in [0.2, 0.25) is 0 Å². The van der Waals surface area contributed by atoms with Gasteiger partial charge in [-0.05, 0) is 83.1 Å². The number of urea groups is 1. The highest BCUT2D eigenvalue weighted by Crippen LogP contribution is 2.36. The van der Waals surface area contributed by atoms with Crippen LogP contribution >= 0.6 is 54.5 Å². The van der Waals surface area contributed by atoms with Crippen LogP contribution in [0.1, 0.15) is 16.7 Å². The van der Waals surface area contributed by atoms with E-state index in [-0.39, 0.29) is 5.57 Å². The SMILES string of the molecule is COc1cc(/C=C2/C(=O)NC(=O)N(c3ccc(Br)cc3C)C2=O)cc(I)c1OCc1ccccc1Br. The minimum absolute atomic E-state index is 0.170. The molecule has 3 aromatic rings. The minimum Gasteiger partial charge on any atom is -0.493 e. The van der Waals surface area contributed by atoms with Gasteiger partial charge in [0.15, 0.2) is 11.5 Å². The van der Waals surface area contributed by atoms with Crippen molar-refractivity contribution >= 4 is 84.1 Å². The van der Waals surface area contributed by atoms with E-state index in [1.807, 2.05) is 24.3 Å². The number of rotatable bonds is 6. The summed E-state index contributed by atoms with van der Waals surface area (Å²) in [6, 6.07) is 15.6. The van der Waals surface area contributed by atoms with Gasteiger partial charge >= 0.3 is 6.03 Å². The van der Waals surface area contributed by atoms with Crippen LogP contribution in [0.25, 0.3) is 6.08 Å². The number of hydrogen-bond donors (Lipinski definition) is 1. The lowest BCUT2D eigenvalue weighted by Gasteiger charge is -2.27. The Morgan fingerprint density at radius 1 is 1.06 bits per heavy atom. The number of methoxy groups -OCH3 is 1. The lowest BCUT2D eigenvalue weighted by atomic mass is 10.1. The van der Waals surface area contributed by atoms with Crippen LogP contribution in [0.3, 0.4) is 0 Å². The number of ether oxygens (including phenoxy) is 2. The van der Waals surface area contributed by atoms with Gasteiger partial charge in [-0.15, -0.1) is 0 Å². The largest absolute Gasteiger partial charge is 0.493 e. The van der Waals surface area contributed by atoms with Crippen LogP contribution in [0.4, 0.5) is 10.5 Å². The maximum Gasteiger partial charge on any atom is 0.335 e. The molecule has 7 nitrogen and oxygen atoms in total. The molecule has 184 valence electrons. The average Bonchev–Trinajstić information content (AvgIpc) is 2.83. The van der Waals surface area contributed by atoms with E-state index in [4.69, 9.17) is 9.47 Å². The molecule has 1 aliphatic heterocycles. The van der Waals surface area contributed by atoms with Crippen molar-refractivity contribution in [3.05, 3.63) is 89.4 Å². The number of amides is 4. The molecular weight excluding hydrogens is 707 g/mol. The van der Waals surface area contributed by atoms with Gasteiger partial charge in [-0.25, -0.2) is 9.69 Å². The first kappa shape index (κ1) is 26.4. The highest BCUT2D eigenvalue weighted by Gasteiger charge is 2.37. The third-order valence-electron chi connectivity index (χ3n) is 5.39. The van der Waals surface area contributed by atoms with Crippen molar-refractivity contribution in [3.8, 4) is 11.5 Å². The van der Waals surface area contributed by atoms with Crippen LogP contribution < -0.4 is 19.7 Å². The standard InChI is InChI=1S/C26H19Br2IN2O5/c1-14-9-17(27)7-8-21(14)31-25(33)18(24(32)30-26(31)34)10-15-11-20(29)23(22(12-15)35-2)36-13-16-5-3-4-6-19(16)28/h3-12H,13H2,1-2H3,(H,30,32,34)/b18-10-. The van der Waals surface area contributed by atoms with Crippen molar-refractivity contribution in [1.82, 2.24) is 5.32 Å². The van der Waals surface area contributed by atoms with Crippen molar-refractivity contribution in [2.24, 2.45) is 0 Å². The number of nitrogens with one attached hydrogen (secondary N) is 1. The van der Waals surface area contributed by atoms with Gasteiger partial charge in [-0.3, -0.25) is 14.9 Å². The fraction of sp³-hybridized carbons (Fsp3) is 0.115. The molecule has 1 N–H and O–H groups in total. The van der Waals surface area contributed by atoms with E-state index in [9.17, 15) is 14.4 Å². The predicted molar refractivity (Wildman–Crippen MR) is 152 cm³/mol. The topological polar surface area (TPSA) is 84.9 Å². The fourth-order valence-corrected chi connectivity index (χ4v) is 5.30. The monoisotopic (exact) mass is 724 g/mol. The van der Waals surface area contributed by atoms with Crippen LogP contribution in [-0.2, 0) is 16.2 Å². The first-order valence-corrected chi connectivity index (χ1v) is 13.3. The summed E-state index contributed by atoms with van der Waals surface area (Å²) in [6.07, 6.45) is 1.44. The average molecular weight is 726 g/mol. The summed E-state index contributed by atoms with van der Waals surface area (Å²) in [5.41, 5.74) is 2.44. The number of carbonyl (C=O) groups excluding carboxylic acids is 3. The maximum absolute atomic E-state index is 13.3. The molecule has 0 atom stereocenters. The third kappa shape index (κ3) is 5.50. The molecule has 1 aliphatic rings. The molecule has 1 fully saturated rings. The minimum atomic E-state index is -0.796. The molecule has 0 aliphatic carbocycles. The lowest BCUT2D eigenvalue weighted by Crippen LogP contribution is -2.54. The molecule has 0 saturated carbocycles. The summed E-state index contributed by atoms with van der Waals surface area (Å²) in [6.45, 7) is 2.10. The first-order chi connectivity index (χ1) is 17.2. The smallest absolute Gasteiger partial charge is 0.335 e. The molecule has 1 heterocycles. The van der Waals surface area contributed by atoms with E-state index >= 15 is 0 Å². The van der Waals surface area contributed by atoms with Gasteiger partial charge in [0, 0.05) is 14.5 Å². The number of barbiturate groups is 1. The number of halogens is 3. The number of hydrogen-bond acceptors (Lipinski definition) is 5. The molecule has 10 heteroatoms. The summed E-state index contributed by atoms with van der Waals surface area (Å²) in [5, 5.41) is 2.25. The van der Waals surface area contributed by atoms with Gasteiger partial charge in [0.1, 0.15) is 12.2 Å². The van der Waals surface area contributed by atoms with Crippen molar-refractivity contribution < 1.29 is 23.9 Å². The molecule has 0 aromatic heterocycles. The quantitative estimate of drug-likeness (QED) is 0.181. The number of anilines is 1. The number of imide groups is 2. The summed E-state index contributed by atoms with van der Waals surface area (Å²) in [7, 11) is 1.52. The Morgan fingerprint density at radius 2 is 1.81 bits per heavy atom. The highest BCUT2D eigenvalue weighted by atomic mass is 127. The van der Waals surface area contributed by atoms with Gasteiger partial charge < -0.3 is 9.47 Å². The van der Waals surface area contributed by atoms with Crippen molar-refractivity contribution in [2.75, 3.05) is 12.0 Å². The lowest BCUT2D eigenvalue weighted by molar-refractivity contribution is -0.122. The van der Waals surface area contributed by atoms with E-state index in [1.54, 1.807) is 37.3 Å². The zero-order valence-corrected chi connectivity index (χ0v) is 24.4. The van der Waals surface area contributed by atoms with Crippen LogP contribution in [0.5, 0.6) is 11.5 Å². The van der Waals surface area contributed by atoms with Gasteiger partial charge in [-0.1, -0.05) is 50.1 Å². The second-order valence-electron chi connectivity index (χ2n) is 7.80. The van der Waals surface area contributed by atoms with E-state index in [1.165, 1.54) is 13.2 Å². The Hall–Kier alpha value is -2.70. The van der Waals surface area contributed by atoms with E-state index in [0.29, 0.717) is 34.9 Å². The van der Waals surface area contributed by atoms with Gasteiger partial charge in [-0.2, -0.15) is 0 Å². The Balaban J connectivity index is 1.66. The Kier molecular flexibility index (Phi) is 8.16. The molecule has 0 bridgehead atoms. The summed E-state index contributed by atoms with van der Waals surface area (Å²) >= 11 is 9.01. The molecule has 36 heavy (non-hydrogen) atoms. The molecule has 0 radical (unpaired) electrons. The first-order valence-electron chi connectivity index (χ1n) is 10.6. The molecule has 0 unspecified atom stereocenters. The summed E-state index contributed by atoms with van der Waals surface area (Å²) in [4.78, 5) is 39.4. The third-order valence-corrected chi connectivity index (χ3v) is 7.46. The number of benzene rings is 3. The predicted octanol–water partition coefficient (Wildman–Crippen LogP) is 6.38. The van der Waals surface area contributed by atoms with Crippen molar-refractivity contribution in [2.45, 2.75) is 13.5 Å². The number of nitrogens with zero attached hydrogens (tertiary/aromatic N) is 1. The Bertz CT molecular complexity index is 1420. The number of carbonyl (C=O) groups is 3. The molecule has 4 amide bonds. The molecule has 3 aromatic carbocycles. The molecule has 1 saturated heterocycles. The van der Waals surface area contributed by atoms with Crippen LogP contribution in [0.2, 0.25) is 0 Å². The second kappa shape index (κ2) is 11.1. The highest BCUT2D eigenvalue weighted by molar-refractivity contribution is 14.1. The van der Waals surface area contributed by atoms with E-state index in [0.717, 1.165) is 23.0 Å². The van der Waals surface area contributed by atoms with Crippen LogP contribution in [0.15, 0.2) is 69.1 Å². The number of aryl methyl sites for hydroxylation is 1. The molecule has 4 rings (SSSR count). The normalized spacial score (nSPS) is 14.8. The maximum atomic E-state index is 13.3. The van der Waals surface area contributed by atoms with E-state index in [2.05, 4.69) is 59.8 Å². The molecular formula is C26H19Br2IN2O5. The van der Waals surface area contributed by atoms with Gasteiger partial charge in [0.05, 0.1) is 16.4 Å². The second-order valence-corrected chi connectivity index (χ2v) is 10.7. The van der Waals surface area contributed by atoms with Gasteiger partial charge in [0.25, 0.3) is 11.8 Å².